The third-order valence-corrected chi connectivity index (χ3v) is 4.19. The summed E-state index contributed by atoms with van der Waals surface area (Å²) in [6.45, 7) is 0.825. The van der Waals surface area contributed by atoms with Crippen molar-refractivity contribution in [2.24, 2.45) is 0 Å². The van der Waals surface area contributed by atoms with Crippen molar-refractivity contribution in [3.63, 3.8) is 0 Å². The molecule has 19 heavy (non-hydrogen) atoms. The van der Waals surface area contributed by atoms with Crippen LogP contribution in [0.1, 0.15) is 36.4 Å². The van der Waals surface area contributed by atoms with Crippen molar-refractivity contribution in [2.45, 2.75) is 31.7 Å². The van der Waals surface area contributed by atoms with Crippen LogP contribution in [0.5, 0.6) is 11.5 Å². The van der Waals surface area contributed by atoms with Crippen molar-refractivity contribution in [3.8, 4) is 11.5 Å². The van der Waals surface area contributed by atoms with Crippen LogP contribution in [0, 0.1) is 0 Å². The van der Waals surface area contributed by atoms with Crippen LogP contribution in [0.25, 0.3) is 0 Å². The number of amides is 1. The van der Waals surface area contributed by atoms with Gasteiger partial charge in [-0.2, -0.15) is 0 Å². The number of carbonyl (C=O) groups is 1. The van der Waals surface area contributed by atoms with Crippen LogP contribution < -0.4 is 9.47 Å². The van der Waals surface area contributed by atoms with Gasteiger partial charge >= 0.3 is 0 Å². The molecule has 0 bridgehead atoms. The zero-order valence-electron chi connectivity index (χ0n) is 11.4. The minimum absolute atomic E-state index is 0.227. The lowest BCUT2D eigenvalue weighted by Gasteiger charge is -2.40. The van der Waals surface area contributed by atoms with Gasteiger partial charge in [0, 0.05) is 13.0 Å². The van der Waals surface area contributed by atoms with E-state index in [1.54, 1.807) is 14.2 Å². The first kappa shape index (κ1) is 12.3. The molecule has 2 heterocycles. The molecule has 0 N–H and O–H groups in total. The molecule has 4 nitrogen and oxygen atoms in total. The maximum Gasteiger partial charge on any atom is 0.223 e. The Morgan fingerprint density at radius 1 is 1.16 bits per heavy atom. The lowest BCUT2D eigenvalue weighted by Crippen LogP contribution is -2.42. The second-order valence-electron chi connectivity index (χ2n) is 5.15. The maximum atomic E-state index is 12.0. The van der Waals surface area contributed by atoms with Crippen LogP contribution in [0.2, 0.25) is 0 Å². The molecule has 0 saturated carbocycles. The molecule has 4 heteroatoms. The van der Waals surface area contributed by atoms with E-state index in [1.807, 2.05) is 11.0 Å². The van der Waals surface area contributed by atoms with Crippen LogP contribution in [-0.4, -0.2) is 31.6 Å². The van der Waals surface area contributed by atoms with Gasteiger partial charge in [-0.25, -0.2) is 0 Å². The van der Waals surface area contributed by atoms with Gasteiger partial charge < -0.3 is 14.4 Å². The molecule has 1 saturated heterocycles. The molecule has 2 aliphatic rings. The second-order valence-corrected chi connectivity index (χ2v) is 5.15. The molecule has 0 radical (unpaired) electrons. The molecule has 1 fully saturated rings. The van der Waals surface area contributed by atoms with Crippen LogP contribution in [0.3, 0.4) is 0 Å². The second kappa shape index (κ2) is 4.76. The maximum absolute atomic E-state index is 12.0. The Morgan fingerprint density at radius 2 is 1.89 bits per heavy atom. The number of ether oxygens (including phenoxy) is 2. The third kappa shape index (κ3) is 1.95. The number of piperidine rings is 1. The van der Waals surface area contributed by atoms with E-state index in [2.05, 4.69) is 6.07 Å². The summed E-state index contributed by atoms with van der Waals surface area (Å²) >= 11 is 0. The number of hydrogen-bond donors (Lipinski definition) is 0. The fraction of sp³-hybridized carbons (Fsp3) is 0.533. The first-order chi connectivity index (χ1) is 9.24. The van der Waals surface area contributed by atoms with Gasteiger partial charge in [-0.1, -0.05) is 0 Å². The van der Waals surface area contributed by atoms with Crippen molar-refractivity contribution in [1.82, 2.24) is 4.90 Å². The highest BCUT2D eigenvalue weighted by Gasteiger charge is 2.34. The van der Waals surface area contributed by atoms with Gasteiger partial charge in [0.2, 0.25) is 5.91 Å². The fourth-order valence-electron chi connectivity index (χ4n) is 3.23. The average molecular weight is 261 g/mol. The lowest BCUT2D eigenvalue weighted by molar-refractivity contribution is -0.137. The van der Waals surface area contributed by atoms with E-state index in [4.69, 9.17) is 9.47 Å². The van der Waals surface area contributed by atoms with Crippen molar-refractivity contribution < 1.29 is 14.3 Å². The summed E-state index contributed by atoms with van der Waals surface area (Å²) in [5, 5.41) is 0. The Morgan fingerprint density at radius 3 is 2.63 bits per heavy atom. The van der Waals surface area contributed by atoms with Crippen LogP contribution in [-0.2, 0) is 11.2 Å². The van der Waals surface area contributed by atoms with E-state index >= 15 is 0 Å². The molecule has 1 amide bonds. The highest BCUT2D eigenvalue weighted by Crippen LogP contribution is 2.41. The summed E-state index contributed by atoms with van der Waals surface area (Å²) in [7, 11) is 3.31. The summed E-state index contributed by atoms with van der Waals surface area (Å²) in [5.74, 6) is 1.81. The first-order valence-corrected chi connectivity index (χ1v) is 6.79. The number of fused-ring (bicyclic) bond motifs is 3. The van der Waals surface area contributed by atoms with E-state index in [-0.39, 0.29) is 11.9 Å². The molecular formula is C15H19NO3. The van der Waals surface area contributed by atoms with Gasteiger partial charge in [-0.3, -0.25) is 4.79 Å². The largest absolute Gasteiger partial charge is 0.493 e. The summed E-state index contributed by atoms with van der Waals surface area (Å²) in [6.07, 6.45) is 3.62. The van der Waals surface area contributed by atoms with Gasteiger partial charge in [0.1, 0.15) is 0 Å². The molecule has 102 valence electrons. The molecule has 1 aromatic carbocycles. The third-order valence-electron chi connectivity index (χ3n) is 4.19. The summed E-state index contributed by atoms with van der Waals surface area (Å²) in [5.41, 5.74) is 2.52. The van der Waals surface area contributed by atoms with E-state index in [1.165, 1.54) is 11.1 Å². The highest BCUT2D eigenvalue weighted by atomic mass is 16.5. The molecule has 3 rings (SSSR count). The van der Waals surface area contributed by atoms with E-state index < -0.39 is 0 Å². The van der Waals surface area contributed by atoms with Crippen LogP contribution in [0.15, 0.2) is 12.1 Å². The summed E-state index contributed by atoms with van der Waals surface area (Å²) in [4.78, 5) is 14.0. The van der Waals surface area contributed by atoms with Gasteiger partial charge in [-0.15, -0.1) is 0 Å². The lowest BCUT2D eigenvalue weighted by atomic mass is 9.86. The molecule has 1 atom stereocenters. The molecule has 1 aromatic rings. The molecular weight excluding hydrogens is 242 g/mol. The Balaban J connectivity index is 2.04. The first-order valence-electron chi connectivity index (χ1n) is 6.79. The number of carbonyl (C=O) groups excluding carboxylic acids is 1. The number of methoxy groups -OCH3 is 2. The predicted molar refractivity (Wildman–Crippen MR) is 71.6 cm³/mol. The van der Waals surface area contributed by atoms with E-state index in [9.17, 15) is 4.79 Å². The van der Waals surface area contributed by atoms with E-state index in [0.717, 1.165) is 37.3 Å². The molecule has 0 aliphatic carbocycles. The minimum Gasteiger partial charge on any atom is -0.493 e. The van der Waals surface area contributed by atoms with Crippen molar-refractivity contribution in [3.05, 3.63) is 23.3 Å². The Bertz CT molecular complexity index is 512. The van der Waals surface area contributed by atoms with Crippen molar-refractivity contribution in [1.29, 1.82) is 0 Å². The summed E-state index contributed by atoms with van der Waals surface area (Å²) < 4.78 is 10.7. The Hall–Kier alpha value is -1.71. The SMILES string of the molecule is COc1cc2c(cc1OC)[C@H]1CCCC(=O)N1CC2. The smallest absolute Gasteiger partial charge is 0.223 e. The zero-order valence-corrected chi connectivity index (χ0v) is 11.4. The van der Waals surface area contributed by atoms with Gasteiger partial charge in [0.05, 0.1) is 20.3 Å². The fourth-order valence-corrected chi connectivity index (χ4v) is 3.23. The molecule has 0 unspecified atom stereocenters. The number of rotatable bonds is 2. The zero-order chi connectivity index (χ0) is 13.4. The predicted octanol–water partition coefficient (Wildman–Crippen LogP) is 2.31. The van der Waals surface area contributed by atoms with Crippen molar-refractivity contribution >= 4 is 5.91 Å². The molecule has 2 aliphatic heterocycles. The van der Waals surface area contributed by atoms with Crippen LogP contribution in [0.4, 0.5) is 0 Å². The average Bonchev–Trinajstić information content (AvgIpc) is 2.45. The molecule has 0 spiro atoms. The van der Waals surface area contributed by atoms with E-state index in [0.29, 0.717) is 6.42 Å². The Labute approximate surface area is 113 Å². The standard InChI is InChI=1S/C15H19NO3/c1-18-13-8-10-6-7-16-12(4-3-5-15(16)17)11(10)9-14(13)19-2/h8-9,12H,3-7H2,1-2H3/t12-/m1/s1. The Kier molecular flexibility index (Phi) is 3.09. The van der Waals surface area contributed by atoms with Gasteiger partial charge in [-0.05, 0) is 42.5 Å². The minimum atomic E-state index is 0.227. The normalized spacial score (nSPS) is 21.7. The highest BCUT2D eigenvalue weighted by molar-refractivity contribution is 5.78. The summed E-state index contributed by atoms with van der Waals surface area (Å²) in [6, 6.07) is 4.33. The van der Waals surface area contributed by atoms with Crippen molar-refractivity contribution in [2.75, 3.05) is 20.8 Å². The number of benzene rings is 1. The number of nitrogens with zero attached hydrogens (tertiary/aromatic N) is 1. The monoisotopic (exact) mass is 261 g/mol. The van der Waals surface area contributed by atoms with Gasteiger partial charge in [0.25, 0.3) is 0 Å². The quantitative estimate of drug-likeness (QED) is 0.820. The van der Waals surface area contributed by atoms with Crippen LogP contribution >= 0.6 is 0 Å². The topological polar surface area (TPSA) is 38.8 Å². The number of hydrogen-bond acceptors (Lipinski definition) is 3. The van der Waals surface area contributed by atoms with Gasteiger partial charge in [0.15, 0.2) is 11.5 Å². The molecule has 0 aromatic heterocycles.